The third-order valence-electron chi connectivity index (χ3n) is 3.44. The second-order valence-corrected chi connectivity index (χ2v) is 28.8. The van der Waals surface area contributed by atoms with Gasteiger partial charge >= 0.3 is 12.0 Å². The van der Waals surface area contributed by atoms with E-state index >= 15 is 0 Å². The monoisotopic (exact) mass is 436 g/mol. The van der Waals surface area contributed by atoms with Gasteiger partial charge in [0.25, 0.3) is 0 Å². The quantitative estimate of drug-likeness (QED) is 0.243. The highest BCUT2D eigenvalue weighted by Crippen LogP contribution is 2.40. The molecule has 0 rings (SSSR count). The first-order valence-electron chi connectivity index (χ1n) is 6.67. The van der Waals surface area contributed by atoms with Gasteiger partial charge in [-0.15, -0.1) is 66.5 Å². The van der Waals surface area contributed by atoms with Crippen molar-refractivity contribution in [1.82, 2.24) is 0 Å². The Bertz CT molecular complexity index is 225. The van der Waals surface area contributed by atoms with Crippen LogP contribution in [0.2, 0.25) is 36.3 Å². The lowest BCUT2D eigenvalue weighted by molar-refractivity contribution is 0.941. The molecular formula is C10H22Cl6Si3. The minimum absolute atomic E-state index is 0.755. The maximum atomic E-state index is 6.05. The summed E-state index contributed by atoms with van der Waals surface area (Å²) < 4.78 is 0. The molecule has 0 saturated heterocycles. The summed E-state index contributed by atoms with van der Waals surface area (Å²) in [5, 5.41) is 0. The predicted molar refractivity (Wildman–Crippen MR) is 102 cm³/mol. The Morgan fingerprint density at radius 2 is 0.842 bits per heavy atom. The Hall–Kier alpha value is 2.39. The normalized spacial score (nSPS) is 13.9. The highest BCUT2D eigenvalue weighted by atomic mass is 35.8. The maximum absolute atomic E-state index is 6.05. The topological polar surface area (TPSA) is 0 Å². The molecule has 0 fully saturated rings. The summed E-state index contributed by atoms with van der Waals surface area (Å²) in [6.07, 6.45) is 2.35. The number of hydrogen-bond donors (Lipinski definition) is 0. The second-order valence-electron chi connectivity index (χ2n) is 5.23. The lowest BCUT2D eigenvalue weighted by atomic mass is 10.6. The minimum atomic E-state index is -2.54. The zero-order chi connectivity index (χ0) is 15.2. The summed E-state index contributed by atoms with van der Waals surface area (Å²) >= 11 is 36.3. The molecule has 0 bridgehead atoms. The van der Waals surface area contributed by atoms with Crippen molar-refractivity contribution in [2.24, 2.45) is 0 Å². The van der Waals surface area contributed by atoms with Crippen molar-refractivity contribution in [3.8, 4) is 0 Å². The van der Waals surface area contributed by atoms with Gasteiger partial charge < -0.3 is 0 Å². The van der Waals surface area contributed by atoms with E-state index in [1.54, 1.807) is 0 Å². The van der Waals surface area contributed by atoms with E-state index in [9.17, 15) is 0 Å². The van der Waals surface area contributed by atoms with Crippen molar-refractivity contribution in [1.29, 1.82) is 0 Å². The van der Waals surface area contributed by atoms with Crippen molar-refractivity contribution < 1.29 is 0 Å². The Labute approximate surface area is 148 Å². The fourth-order valence-electron chi connectivity index (χ4n) is 2.62. The van der Waals surface area contributed by atoms with Crippen molar-refractivity contribution in [2.45, 2.75) is 63.0 Å². The Morgan fingerprint density at radius 3 is 1.05 bits per heavy atom. The molecule has 0 aliphatic rings. The average molecular weight is 439 g/mol. The molecule has 0 unspecified atom stereocenters. The van der Waals surface area contributed by atoms with Crippen LogP contribution in [0.1, 0.15) is 26.7 Å². The first-order chi connectivity index (χ1) is 8.54. The van der Waals surface area contributed by atoms with E-state index in [0.29, 0.717) is 0 Å². The van der Waals surface area contributed by atoms with Gasteiger partial charge in [0.1, 0.15) is 0 Å². The molecule has 0 N–H and O–H groups in total. The van der Waals surface area contributed by atoms with E-state index in [0.717, 1.165) is 24.2 Å². The lowest BCUT2D eigenvalue weighted by Gasteiger charge is -2.33. The minimum Gasteiger partial charge on any atom is -0.126 e. The van der Waals surface area contributed by atoms with Gasteiger partial charge in [0.15, 0.2) is 0 Å². The summed E-state index contributed by atoms with van der Waals surface area (Å²) in [6, 6.07) is 1.10. The van der Waals surface area contributed by atoms with E-state index in [1.807, 2.05) is 0 Å². The van der Waals surface area contributed by atoms with Gasteiger partial charge in [-0.2, -0.15) is 0 Å². The number of hydrogen-bond acceptors (Lipinski definition) is 0. The molecule has 0 aromatic carbocycles. The van der Waals surface area contributed by atoms with Gasteiger partial charge in [-0.1, -0.05) is 50.9 Å². The van der Waals surface area contributed by atoms with Gasteiger partial charge in [-0.05, 0) is 12.1 Å². The van der Waals surface area contributed by atoms with Crippen LogP contribution < -0.4 is 0 Å². The third kappa shape index (κ3) is 11.6. The second kappa shape index (κ2) is 9.51. The summed E-state index contributed by atoms with van der Waals surface area (Å²) in [4.78, 5) is 0. The van der Waals surface area contributed by atoms with E-state index < -0.39 is 20.1 Å². The maximum Gasteiger partial charge on any atom is 0.341 e. The van der Waals surface area contributed by atoms with Crippen LogP contribution in [-0.2, 0) is 0 Å². The van der Waals surface area contributed by atoms with Crippen molar-refractivity contribution in [3.05, 3.63) is 0 Å². The highest BCUT2D eigenvalue weighted by Gasteiger charge is 2.38. The van der Waals surface area contributed by atoms with Gasteiger partial charge in [0, 0.05) is 0 Å². The molecule has 0 aliphatic carbocycles. The summed E-state index contributed by atoms with van der Waals surface area (Å²) in [6.45, 7) is 4.44. The molecule has 0 aliphatic heterocycles. The van der Waals surface area contributed by atoms with Crippen LogP contribution in [0, 0.1) is 0 Å². The van der Waals surface area contributed by atoms with Crippen LogP contribution in [0.3, 0.4) is 0 Å². The van der Waals surface area contributed by atoms with Crippen LogP contribution in [0.4, 0.5) is 0 Å². The van der Waals surface area contributed by atoms with Crippen LogP contribution in [-0.4, -0.2) is 20.1 Å². The molecule has 0 atom stereocenters. The Kier molecular flexibility index (Phi) is 10.7. The standard InChI is InChI=1S/C10H22Cl6Si3/c1-3-5-17(6-4-2,7-9-18(11,12)13)8-10-19(14,15)16/h3-10H2,1-2H3. The van der Waals surface area contributed by atoms with Crippen LogP contribution in [0.15, 0.2) is 0 Å². The molecule has 0 nitrogen and oxygen atoms in total. The summed E-state index contributed by atoms with van der Waals surface area (Å²) in [5.74, 6) is 0. The molecule has 116 valence electrons. The van der Waals surface area contributed by atoms with Gasteiger partial charge in [0.05, 0.1) is 8.07 Å². The van der Waals surface area contributed by atoms with Gasteiger partial charge in [-0.3, -0.25) is 0 Å². The Balaban J connectivity index is 4.75. The molecule has 0 aromatic rings. The predicted octanol–water partition coefficient (Wildman–Crippen LogP) is 7.57. The van der Waals surface area contributed by atoms with Crippen LogP contribution >= 0.6 is 66.5 Å². The molecule has 0 amide bonds. The van der Waals surface area contributed by atoms with Crippen LogP contribution in [0.5, 0.6) is 0 Å². The zero-order valence-corrected chi connectivity index (χ0v) is 19.0. The first kappa shape index (κ1) is 21.4. The van der Waals surface area contributed by atoms with E-state index in [4.69, 9.17) is 66.5 Å². The third-order valence-corrected chi connectivity index (χ3v) is 15.2. The summed E-state index contributed by atoms with van der Waals surface area (Å²) in [7, 11) is -1.45. The molecule has 0 heterocycles. The Morgan fingerprint density at radius 1 is 0.526 bits per heavy atom. The average Bonchev–Trinajstić information content (AvgIpc) is 2.22. The first-order valence-corrected chi connectivity index (χ1v) is 20.0. The highest BCUT2D eigenvalue weighted by molar-refractivity contribution is 7.65. The fraction of sp³-hybridized carbons (Fsp3) is 1.00. The molecular weight excluding hydrogens is 417 g/mol. The van der Waals surface area contributed by atoms with E-state index in [1.165, 1.54) is 24.9 Å². The van der Waals surface area contributed by atoms with Crippen molar-refractivity contribution >= 4 is 86.6 Å². The van der Waals surface area contributed by atoms with Gasteiger partial charge in [-0.25, -0.2) is 0 Å². The number of rotatable bonds is 10. The van der Waals surface area contributed by atoms with Crippen molar-refractivity contribution in [3.63, 3.8) is 0 Å². The number of halogens is 6. The van der Waals surface area contributed by atoms with Crippen molar-refractivity contribution in [2.75, 3.05) is 0 Å². The summed E-state index contributed by atoms with van der Waals surface area (Å²) in [5.41, 5.74) is 0. The van der Waals surface area contributed by atoms with Crippen LogP contribution in [0.25, 0.3) is 0 Å². The van der Waals surface area contributed by atoms with Gasteiger partial charge in [0.2, 0.25) is 0 Å². The fourth-order valence-corrected chi connectivity index (χ4v) is 17.9. The largest absolute Gasteiger partial charge is 0.341 e. The molecule has 0 radical (unpaired) electrons. The van der Waals surface area contributed by atoms with E-state index in [2.05, 4.69) is 13.8 Å². The lowest BCUT2D eigenvalue weighted by Crippen LogP contribution is -2.36. The molecule has 9 heteroatoms. The molecule has 0 aromatic heterocycles. The molecule has 0 spiro atoms. The smallest absolute Gasteiger partial charge is 0.126 e. The molecule has 19 heavy (non-hydrogen) atoms. The van der Waals surface area contributed by atoms with E-state index in [-0.39, 0.29) is 0 Å². The molecule has 0 saturated carbocycles. The zero-order valence-electron chi connectivity index (χ0n) is 11.4. The SMILES string of the molecule is CCC[Si](CCC)(CC[Si](Cl)(Cl)Cl)CC[Si](Cl)(Cl)Cl.